The summed E-state index contributed by atoms with van der Waals surface area (Å²) >= 11 is 0. The Balaban J connectivity index is 1.09. The first-order chi connectivity index (χ1) is 30.0. The molecule has 3 heterocycles. The number of oxazole rings is 1. The second-order valence-corrected chi connectivity index (χ2v) is 16.6. The molecular weight excluding hydrogens is 747 g/mol. The molecule has 2 aliphatic heterocycles. The topological polar surface area (TPSA) is 60.0 Å². The Morgan fingerprint density at radius 2 is 1.31 bits per heavy atom. The number of hydrogen-bond donors (Lipinski definition) is 0. The van der Waals surface area contributed by atoms with Crippen molar-refractivity contribution in [1.29, 1.82) is 0 Å². The molecule has 3 aliphatic rings. The summed E-state index contributed by atoms with van der Waals surface area (Å²) in [5, 5.41) is 4.93. The van der Waals surface area contributed by atoms with Gasteiger partial charge in [-0.3, -0.25) is 9.98 Å². The first-order valence-corrected chi connectivity index (χ1v) is 21.3. The van der Waals surface area contributed by atoms with Crippen LogP contribution in [0.25, 0.3) is 49.9 Å². The standard InChI is InChI=1S/C56H41N3O2/c1-4-34-25-39(33(3)60-50-19-11-5-13-32(50)2)26-37-21-23-42(48-30-35-14-6-8-16-45(35)57-48)54(52(34)37)44-29-40-28-41(56-59-47-18-10-12-20-51(47)61-56)27-38-22-24-43(55(44)53(38)40)49-31-36-15-7-9-17-46(36)58-49/h5-28,44H,3-4,29-31H2,1-2H3. The maximum Gasteiger partial charge on any atom is 0.227 e. The number of nitrogens with zero attached hydrogens (tertiary/aromatic N) is 3. The molecule has 292 valence electrons. The van der Waals surface area contributed by atoms with Gasteiger partial charge in [0.2, 0.25) is 5.89 Å². The van der Waals surface area contributed by atoms with E-state index in [1.807, 2.05) is 42.5 Å². The molecular formula is C56H41N3O2. The first-order valence-electron chi connectivity index (χ1n) is 21.3. The van der Waals surface area contributed by atoms with Crippen LogP contribution in [0.15, 0.2) is 167 Å². The minimum atomic E-state index is 0.0201. The number of aliphatic imine (C=N–C) groups is 2. The summed E-state index contributed by atoms with van der Waals surface area (Å²) in [7, 11) is 0. The lowest BCUT2D eigenvalue weighted by molar-refractivity contribution is 0.512. The third-order valence-corrected chi connectivity index (χ3v) is 13.0. The zero-order valence-electron chi connectivity index (χ0n) is 34.1. The van der Waals surface area contributed by atoms with Crippen LogP contribution in [-0.4, -0.2) is 16.4 Å². The summed E-state index contributed by atoms with van der Waals surface area (Å²) in [4.78, 5) is 15.6. The summed E-state index contributed by atoms with van der Waals surface area (Å²) in [6, 6.07) is 51.6. The SMILES string of the molecule is C=C(Oc1ccccc1C)c1cc(CC)c2c(C3Cc4cc(-c5nc6ccccc6o5)cc5ccc(C6=Nc7ccccc7C6)c3c45)c(C3=Nc4ccccc4C3)ccc2c1. The molecule has 61 heavy (non-hydrogen) atoms. The van der Waals surface area contributed by atoms with Gasteiger partial charge in [0.05, 0.1) is 22.8 Å². The summed E-state index contributed by atoms with van der Waals surface area (Å²) in [6.07, 6.45) is 3.24. The fourth-order valence-corrected chi connectivity index (χ4v) is 10.1. The highest BCUT2D eigenvalue weighted by molar-refractivity contribution is 6.14. The van der Waals surface area contributed by atoms with Crippen LogP contribution in [0.4, 0.5) is 11.4 Å². The zero-order chi connectivity index (χ0) is 40.8. The summed E-state index contributed by atoms with van der Waals surface area (Å²) in [5.74, 6) is 2.12. The molecule has 0 bridgehead atoms. The lowest BCUT2D eigenvalue weighted by atomic mass is 9.79. The van der Waals surface area contributed by atoms with Crippen LogP contribution in [0, 0.1) is 6.92 Å². The van der Waals surface area contributed by atoms with Gasteiger partial charge in [-0.2, -0.15) is 0 Å². The Bertz CT molecular complexity index is 3370. The van der Waals surface area contributed by atoms with Gasteiger partial charge in [-0.1, -0.05) is 104 Å². The average molecular weight is 788 g/mol. The fraction of sp³-hybridized carbons (Fsp3) is 0.125. The Morgan fingerprint density at radius 3 is 2.00 bits per heavy atom. The summed E-state index contributed by atoms with van der Waals surface area (Å²) in [5.41, 5.74) is 19.2. The molecule has 0 saturated heterocycles. The number of hydrogen-bond acceptors (Lipinski definition) is 5. The highest BCUT2D eigenvalue weighted by atomic mass is 16.5. The van der Waals surface area contributed by atoms with E-state index in [4.69, 9.17) is 24.1 Å². The Morgan fingerprint density at radius 1 is 0.672 bits per heavy atom. The van der Waals surface area contributed by atoms with Crippen molar-refractivity contribution in [3.63, 3.8) is 0 Å². The predicted molar refractivity (Wildman–Crippen MR) is 249 cm³/mol. The number of fused-ring (bicyclic) bond motifs is 4. The van der Waals surface area contributed by atoms with Crippen molar-refractivity contribution in [1.82, 2.24) is 4.98 Å². The van der Waals surface area contributed by atoms with Crippen LogP contribution >= 0.6 is 0 Å². The Kier molecular flexibility index (Phi) is 8.08. The summed E-state index contributed by atoms with van der Waals surface area (Å²) in [6.45, 7) is 8.78. The van der Waals surface area contributed by atoms with Gasteiger partial charge in [0.25, 0.3) is 0 Å². The molecule has 9 aromatic rings. The Labute approximate surface area is 354 Å². The molecule has 8 aromatic carbocycles. The van der Waals surface area contributed by atoms with Gasteiger partial charge in [-0.15, -0.1) is 0 Å². The van der Waals surface area contributed by atoms with Crippen molar-refractivity contribution in [3.8, 4) is 17.2 Å². The maximum absolute atomic E-state index is 6.46. The summed E-state index contributed by atoms with van der Waals surface area (Å²) < 4.78 is 12.8. The van der Waals surface area contributed by atoms with E-state index in [1.54, 1.807) is 0 Å². The van der Waals surface area contributed by atoms with Crippen LogP contribution in [0.1, 0.15) is 68.5 Å². The lowest BCUT2D eigenvalue weighted by Crippen LogP contribution is -2.14. The van der Waals surface area contributed by atoms with E-state index in [0.29, 0.717) is 11.6 Å². The second-order valence-electron chi connectivity index (χ2n) is 16.6. The van der Waals surface area contributed by atoms with E-state index in [2.05, 4.69) is 124 Å². The number of aryl methyl sites for hydroxylation is 2. The monoisotopic (exact) mass is 787 g/mol. The largest absolute Gasteiger partial charge is 0.457 e. The number of para-hydroxylation sites is 5. The van der Waals surface area contributed by atoms with E-state index in [9.17, 15) is 0 Å². The normalized spacial score (nSPS) is 15.0. The van der Waals surface area contributed by atoms with E-state index in [-0.39, 0.29) is 5.92 Å². The third-order valence-electron chi connectivity index (χ3n) is 13.0. The maximum atomic E-state index is 6.46. The van der Waals surface area contributed by atoms with Crippen LogP contribution in [-0.2, 0) is 25.7 Å². The quantitative estimate of drug-likeness (QED) is 0.144. The van der Waals surface area contributed by atoms with E-state index in [0.717, 1.165) is 82.0 Å². The van der Waals surface area contributed by atoms with Crippen molar-refractivity contribution in [2.45, 2.75) is 45.4 Å². The molecule has 0 amide bonds. The highest BCUT2D eigenvalue weighted by Crippen LogP contribution is 2.50. The van der Waals surface area contributed by atoms with Crippen molar-refractivity contribution < 1.29 is 9.15 Å². The number of benzene rings is 8. The molecule has 0 spiro atoms. The lowest BCUT2D eigenvalue weighted by Gasteiger charge is -2.24. The van der Waals surface area contributed by atoms with Gasteiger partial charge in [0, 0.05) is 41.0 Å². The van der Waals surface area contributed by atoms with Gasteiger partial charge in [-0.25, -0.2) is 4.98 Å². The van der Waals surface area contributed by atoms with E-state index in [1.165, 1.54) is 66.1 Å². The molecule has 0 radical (unpaired) electrons. The smallest absolute Gasteiger partial charge is 0.227 e. The highest BCUT2D eigenvalue weighted by Gasteiger charge is 2.36. The minimum Gasteiger partial charge on any atom is -0.457 e. The van der Waals surface area contributed by atoms with Crippen LogP contribution < -0.4 is 4.74 Å². The van der Waals surface area contributed by atoms with E-state index >= 15 is 0 Å². The molecule has 1 aromatic heterocycles. The number of rotatable bonds is 8. The van der Waals surface area contributed by atoms with Gasteiger partial charge in [-0.05, 0) is 135 Å². The molecule has 0 saturated carbocycles. The Hall–Kier alpha value is -7.37. The van der Waals surface area contributed by atoms with Crippen LogP contribution in [0.3, 0.4) is 0 Å². The van der Waals surface area contributed by atoms with Crippen molar-refractivity contribution in [2.24, 2.45) is 9.98 Å². The van der Waals surface area contributed by atoms with Gasteiger partial charge in [0.1, 0.15) is 17.0 Å². The van der Waals surface area contributed by atoms with Gasteiger partial charge < -0.3 is 9.15 Å². The molecule has 12 rings (SSSR count). The zero-order valence-corrected chi connectivity index (χ0v) is 34.1. The van der Waals surface area contributed by atoms with E-state index < -0.39 is 0 Å². The number of aromatic nitrogens is 1. The average Bonchev–Trinajstić information content (AvgIpc) is 4.11. The third kappa shape index (κ3) is 5.79. The molecule has 0 N–H and O–H groups in total. The molecule has 5 heteroatoms. The predicted octanol–water partition coefficient (Wildman–Crippen LogP) is 13.8. The van der Waals surface area contributed by atoms with Crippen molar-refractivity contribution in [3.05, 3.63) is 208 Å². The molecule has 0 fully saturated rings. The second kappa shape index (κ2) is 13.9. The van der Waals surface area contributed by atoms with Gasteiger partial charge >= 0.3 is 0 Å². The van der Waals surface area contributed by atoms with Crippen LogP contribution in [0.2, 0.25) is 0 Å². The van der Waals surface area contributed by atoms with Crippen molar-refractivity contribution >= 4 is 61.2 Å². The van der Waals surface area contributed by atoms with Gasteiger partial charge in [0.15, 0.2) is 5.58 Å². The molecule has 1 unspecified atom stereocenters. The van der Waals surface area contributed by atoms with Crippen LogP contribution in [0.5, 0.6) is 5.75 Å². The minimum absolute atomic E-state index is 0.0201. The molecule has 1 aliphatic carbocycles. The molecule has 1 atom stereocenters. The molecule has 5 nitrogen and oxygen atoms in total. The number of ether oxygens (including phenoxy) is 1. The fourth-order valence-electron chi connectivity index (χ4n) is 10.1. The first kappa shape index (κ1) is 35.6. The van der Waals surface area contributed by atoms with Crippen molar-refractivity contribution in [2.75, 3.05) is 0 Å².